The van der Waals surface area contributed by atoms with E-state index in [9.17, 15) is 49.5 Å². The first-order valence-electron chi connectivity index (χ1n) is 11.4. The van der Waals surface area contributed by atoms with Crippen molar-refractivity contribution in [2.45, 2.75) is 54.3 Å². The number of nitrogens with zero attached hydrogens (tertiary/aromatic N) is 2. The molecule has 1 saturated carbocycles. The number of sulfonamides is 1. The number of benzene rings is 2. The van der Waals surface area contributed by atoms with E-state index in [0.29, 0.717) is 30.5 Å². The fourth-order valence-corrected chi connectivity index (χ4v) is 5.30. The lowest BCUT2D eigenvalue weighted by Crippen LogP contribution is -2.53. The molecule has 0 bridgehead atoms. The van der Waals surface area contributed by atoms with Crippen molar-refractivity contribution in [3.63, 3.8) is 0 Å². The highest BCUT2D eigenvalue weighted by Crippen LogP contribution is 2.50. The third kappa shape index (κ3) is 4.80. The van der Waals surface area contributed by atoms with E-state index in [2.05, 4.69) is 4.72 Å². The first-order chi connectivity index (χ1) is 17.9. The van der Waals surface area contributed by atoms with Gasteiger partial charge in [-0.3, -0.25) is 4.79 Å². The van der Waals surface area contributed by atoms with Gasteiger partial charge in [0.05, 0.1) is 4.90 Å². The van der Waals surface area contributed by atoms with Crippen LogP contribution in [-0.2, 0) is 27.0 Å². The second-order valence-electron chi connectivity index (χ2n) is 9.13. The molecule has 1 unspecified atom stereocenters. The second-order valence-corrected chi connectivity index (χ2v) is 11.0. The Morgan fingerprint density at radius 1 is 1.03 bits per heavy atom. The number of carbonyl (C=O) groups excluding carboxylic acids is 2. The maximum absolute atomic E-state index is 13.8. The summed E-state index contributed by atoms with van der Waals surface area (Å²) >= 11 is 0. The predicted octanol–water partition coefficient (Wildman–Crippen LogP) is 3.04. The molecule has 0 aromatic heterocycles. The van der Waals surface area contributed by atoms with Gasteiger partial charge in [-0.25, -0.2) is 17.9 Å². The summed E-state index contributed by atoms with van der Waals surface area (Å²) in [5, 5.41) is 9.66. The van der Waals surface area contributed by atoms with E-state index in [1.54, 1.807) is 0 Å². The Labute approximate surface area is 218 Å². The van der Waals surface area contributed by atoms with Gasteiger partial charge < -0.3 is 20.6 Å². The molecule has 1 aliphatic heterocycles. The third-order valence-corrected chi connectivity index (χ3v) is 8.10. The molecule has 0 radical (unpaired) electrons. The minimum atomic E-state index is -6.08. The molecular formula is C23H22F6N4O5S. The van der Waals surface area contributed by atoms with Crippen molar-refractivity contribution in [2.75, 3.05) is 11.9 Å². The summed E-state index contributed by atoms with van der Waals surface area (Å²) in [6, 6.07) is 3.60. The van der Waals surface area contributed by atoms with Crippen LogP contribution in [0.15, 0.2) is 47.4 Å². The lowest BCUT2D eigenvalue weighted by atomic mass is 9.92. The van der Waals surface area contributed by atoms with Gasteiger partial charge in [0, 0.05) is 23.8 Å². The highest BCUT2D eigenvalue weighted by molar-refractivity contribution is 7.89. The van der Waals surface area contributed by atoms with Crippen molar-refractivity contribution >= 4 is 27.6 Å². The molecule has 9 nitrogen and oxygen atoms in total. The average molecular weight is 581 g/mol. The highest BCUT2D eigenvalue weighted by Gasteiger charge is 2.71. The standard InChI is InChI=1S/C23H22F6N4O5S/c1-31-39(37,38)16-8-9-17-12(10-16)11-32(20(30)35)18(17)19(34)33(15-6-7-15)14-4-2-13(3-5-14)21(36,22(24,25)26)23(27,28)29/h2-5,8-10,15,18,31,36H,6-7,11H2,1H3,(H2,30,35). The Hall–Kier alpha value is -3.37. The Bertz CT molecular complexity index is 1390. The number of carbonyl (C=O) groups is 2. The normalized spacial score (nSPS) is 18.2. The summed E-state index contributed by atoms with van der Waals surface area (Å²) in [6.45, 7) is -0.213. The number of nitrogens with one attached hydrogen (secondary N) is 1. The second kappa shape index (κ2) is 9.38. The number of fused-ring (bicyclic) bond motifs is 1. The van der Waals surface area contributed by atoms with Gasteiger partial charge >= 0.3 is 18.4 Å². The van der Waals surface area contributed by atoms with Crippen LogP contribution in [0.25, 0.3) is 0 Å². The van der Waals surface area contributed by atoms with Crippen LogP contribution in [0.2, 0.25) is 0 Å². The SMILES string of the molecule is CNS(=O)(=O)c1ccc2c(c1)CN(C(N)=O)C2C(=O)N(c1ccc(C(O)(C(F)(F)F)C(F)(F)F)cc1)C1CC1. The van der Waals surface area contributed by atoms with Crippen molar-refractivity contribution in [3.8, 4) is 0 Å². The first kappa shape index (κ1) is 28.6. The van der Waals surface area contributed by atoms with Gasteiger partial charge in [0.25, 0.3) is 11.5 Å². The number of aliphatic hydroxyl groups is 1. The van der Waals surface area contributed by atoms with Crippen LogP contribution in [0.3, 0.4) is 0 Å². The lowest BCUT2D eigenvalue weighted by molar-refractivity contribution is -0.376. The van der Waals surface area contributed by atoms with Crippen LogP contribution < -0.4 is 15.4 Å². The molecule has 1 atom stereocenters. The van der Waals surface area contributed by atoms with Crippen LogP contribution in [0.4, 0.5) is 36.8 Å². The van der Waals surface area contributed by atoms with Crippen LogP contribution in [-0.4, -0.2) is 55.8 Å². The van der Waals surface area contributed by atoms with E-state index < -0.39 is 57.6 Å². The quantitative estimate of drug-likeness (QED) is 0.452. The van der Waals surface area contributed by atoms with Gasteiger partial charge in [-0.15, -0.1) is 0 Å². The lowest BCUT2D eigenvalue weighted by Gasteiger charge is -2.33. The molecule has 4 rings (SSSR count). The van der Waals surface area contributed by atoms with E-state index >= 15 is 0 Å². The third-order valence-electron chi connectivity index (χ3n) is 6.69. The average Bonchev–Trinajstić information content (AvgIpc) is 3.60. The maximum Gasteiger partial charge on any atom is 0.430 e. The van der Waals surface area contributed by atoms with Crippen molar-refractivity contribution < 1.29 is 49.5 Å². The number of primary amides is 1. The monoisotopic (exact) mass is 580 g/mol. The molecule has 1 fully saturated rings. The molecule has 4 N–H and O–H groups in total. The summed E-state index contributed by atoms with van der Waals surface area (Å²) < 4.78 is 106. The van der Waals surface area contributed by atoms with Crippen LogP contribution in [0, 0.1) is 0 Å². The highest BCUT2D eigenvalue weighted by atomic mass is 32.2. The van der Waals surface area contributed by atoms with E-state index in [1.165, 1.54) is 25.2 Å². The maximum atomic E-state index is 13.8. The van der Waals surface area contributed by atoms with Crippen molar-refractivity contribution in [2.24, 2.45) is 5.73 Å². The Morgan fingerprint density at radius 3 is 2.05 bits per heavy atom. The van der Waals surface area contributed by atoms with Gasteiger partial charge in [-0.05, 0) is 55.3 Å². The number of hydrogen-bond donors (Lipinski definition) is 3. The van der Waals surface area contributed by atoms with E-state index in [-0.39, 0.29) is 22.7 Å². The minimum Gasteiger partial charge on any atom is -0.369 e. The molecule has 2 aromatic rings. The van der Waals surface area contributed by atoms with Gasteiger partial charge in [0.1, 0.15) is 6.04 Å². The molecule has 0 spiro atoms. The zero-order valence-electron chi connectivity index (χ0n) is 20.0. The number of rotatable bonds is 6. The molecule has 1 heterocycles. The van der Waals surface area contributed by atoms with E-state index in [1.807, 2.05) is 0 Å². The minimum absolute atomic E-state index is 0.0646. The predicted molar refractivity (Wildman–Crippen MR) is 124 cm³/mol. The summed E-state index contributed by atoms with van der Waals surface area (Å²) in [4.78, 5) is 28.0. The Morgan fingerprint density at radius 2 is 1.59 bits per heavy atom. The zero-order valence-corrected chi connectivity index (χ0v) is 20.9. The molecular weight excluding hydrogens is 558 g/mol. The van der Waals surface area contributed by atoms with Crippen molar-refractivity contribution in [1.82, 2.24) is 9.62 Å². The zero-order chi connectivity index (χ0) is 29.1. The van der Waals surface area contributed by atoms with Crippen LogP contribution in [0.1, 0.15) is 35.6 Å². The molecule has 39 heavy (non-hydrogen) atoms. The summed E-state index contributed by atoms with van der Waals surface area (Å²) in [5.74, 6) is -0.742. The van der Waals surface area contributed by atoms with Crippen molar-refractivity contribution in [3.05, 3.63) is 59.2 Å². The summed E-state index contributed by atoms with van der Waals surface area (Å²) in [5.41, 5.74) is -0.628. The Balaban J connectivity index is 1.74. The van der Waals surface area contributed by atoms with Crippen LogP contribution in [0.5, 0.6) is 0 Å². The fourth-order valence-electron chi connectivity index (χ4n) is 4.52. The molecule has 2 aliphatic rings. The topological polar surface area (TPSA) is 133 Å². The summed E-state index contributed by atoms with van der Waals surface area (Å²) in [6.07, 6.45) is -11.2. The smallest absolute Gasteiger partial charge is 0.369 e. The molecule has 0 saturated heterocycles. The number of urea groups is 1. The number of alkyl halides is 6. The van der Waals surface area contributed by atoms with E-state index in [4.69, 9.17) is 5.73 Å². The summed E-state index contributed by atoms with van der Waals surface area (Å²) in [7, 11) is -2.65. The largest absolute Gasteiger partial charge is 0.430 e. The number of hydrogen-bond acceptors (Lipinski definition) is 5. The van der Waals surface area contributed by atoms with Crippen LogP contribution >= 0.6 is 0 Å². The molecule has 2 aromatic carbocycles. The number of amides is 3. The molecule has 16 heteroatoms. The molecule has 212 valence electrons. The van der Waals surface area contributed by atoms with Gasteiger partial charge in [0.2, 0.25) is 10.0 Å². The Kier molecular flexibility index (Phi) is 6.88. The van der Waals surface area contributed by atoms with Gasteiger partial charge in [-0.2, -0.15) is 26.3 Å². The van der Waals surface area contributed by atoms with Gasteiger partial charge in [-0.1, -0.05) is 18.2 Å². The number of anilines is 1. The van der Waals surface area contributed by atoms with Crippen molar-refractivity contribution in [1.29, 1.82) is 0 Å². The molecule has 1 aliphatic carbocycles. The number of nitrogens with two attached hydrogens (primary N) is 1. The fraction of sp³-hybridized carbons (Fsp3) is 0.391. The molecule has 3 amide bonds. The number of halogens is 6. The first-order valence-corrected chi connectivity index (χ1v) is 12.8. The van der Waals surface area contributed by atoms with Gasteiger partial charge in [0.15, 0.2) is 0 Å². The van der Waals surface area contributed by atoms with E-state index in [0.717, 1.165) is 21.9 Å².